The zero-order valence-electron chi connectivity index (χ0n) is 15.9. The minimum atomic E-state index is 0.527. The summed E-state index contributed by atoms with van der Waals surface area (Å²) >= 11 is 0. The van der Waals surface area contributed by atoms with Crippen molar-refractivity contribution in [1.29, 1.82) is 0 Å². The van der Waals surface area contributed by atoms with Gasteiger partial charge in [0.1, 0.15) is 5.82 Å². The summed E-state index contributed by atoms with van der Waals surface area (Å²) in [5, 5.41) is 16.3. The number of aliphatic imine (C=N–C) groups is 1. The van der Waals surface area contributed by atoms with Crippen molar-refractivity contribution in [3.8, 4) is 0 Å². The Morgan fingerprint density at radius 2 is 2.26 bits per heavy atom. The largest absolute Gasteiger partial charge is 0.356 e. The predicted octanol–water partition coefficient (Wildman–Crippen LogP) is 1.46. The Morgan fingerprint density at radius 3 is 3.07 bits per heavy atom. The molecule has 1 saturated heterocycles. The van der Waals surface area contributed by atoms with Crippen LogP contribution in [0, 0.1) is 0 Å². The highest BCUT2D eigenvalue weighted by molar-refractivity contribution is 5.80. The fourth-order valence-corrected chi connectivity index (χ4v) is 3.72. The molecule has 4 rings (SSSR count). The predicted molar refractivity (Wildman–Crippen MR) is 105 cm³/mol. The van der Waals surface area contributed by atoms with Crippen molar-refractivity contribution < 1.29 is 0 Å². The van der Waals surface area contributed by atoms with Crippen molar-refractivity contribution >= 4 is 11.6 Å². The second-order valence-corrected chi connectivity index (χ2v) is 7.00. The van der Waals surface area contributed by atoms with E-state index < -0.39 is 0 Å². The molecule has 8 heteroatoms. The van der Waals surface area contributed by atoms with Crippen LogP contribution in [0.5, 0.6) is 0 Å². The highest BCUT2D eigenvalue weighted by atomic mass is 15.3. The van der Waals surface area contributed by atoms with Crippen LogP contribution >= 0.6 is 0 Å². The lowest BCUT2D eigenvalue weighted by atomic mass is 10.0. The van der Waals surface area contributed by atoms with Gasteiger partial charge in [0.05, 0.1) is 6.20 Å². The summed E-state index contributed by atoms with van der Waals surface area (Å²) in [4.78, 5) is 6.80. The molecule has 27 heavy (non-hydrogen) atoms. The van der Waals surface area contributed by atoms with E-state index in [0.717, 1.165) is 56.3 Å². The van der Waals surface area contributed by atoms with Crippen LogP contribution < -0.4 is 5.32 Å². The van der Waals surface area contributed by atoms with Gasteiger partial charge in [0.25, 0.3) is 0 Å². The number of hydrogen-bond donors (Lipinski definition) is 1. The summed E-state index contributed by atoms with van der Waals surface area (Å²) in [6.07, 6.45) is 9.11. The molecular weight excluding hydrogens is 340 g/mol. The van der Waals surface area contributed by atoms with Gasteiger partial charge < -0.3 is 10.2 Å². The number of aromatic nitrogens is 5. The Balaban J connectivity index is 1.27. The molecule has 3 aromatic heterocycles. The zero-order valence-corrected chi connectivity index (χ0v) is 15.9. The maximum absolute atomic E-state index is 4.47. The van der Waals surface area contributed by atoms with Gasteiger partial charge in [-0.1, -0.05) is 6.07 Å². The molecule has 0 radical (unpaired) electrons. The molecule has 0 saturated carbocycles. The van der Waals surface area contributed by atoms with Crippen molar-refractivity contribution in [2.24, 2.45) is 12.0 Å². The van der Waals surface area contributed by atoms with Gasteiger partial charge in [-0.2, -0.15) is 5.10 Å². The average Bonchev–Trinajstić information content (AvgIpc) is 3.41. The first-order valence-electron chi connectivity index (χ1n) is 9.47. The van der Waals surface area contributed by atoms with Gasteiger partial charge in [0.15, 0.2) is 11.6 Å². The van der Waals surface area contributed by atoms with E-state index in [1.54, 1.807) is 0 Å². The molecule has 1 fully saturated rings. The maximum Gasteiger partial charge on any atom is 0.193 e. The Kier molecular flexibility index (Phi) is 5.04. The molecule has 8 nitrogen and oxygen atoms in total. The van der Waals surface area contributed by atoms with Gasteiger partial charge in [-0.15, -0.1) is 10.2 Å². The van der Waals surface area contributed by atoms with E-state index in [9.17, 15) is 0 Å². The minimum Gasteiger partial charge on any atom is -0.356 e. The fourth-order valence-electron chi connectivity index (χ4n) is 3.72. The van der Waals surface area contributed by atoms with Gasteiger partial charge in [-0.3, -0.25) is 14.1 Å². The van der Waals surface area contributed by atoms with Gasteiger partial charge in [0.2, 0.25) is 0 Å². The molecule has 0 aliphatic carbocycles. The molecule has 1 atom stereocenters. The summed E-state index contributed by atoms with van der Waals surface area (Å²) in [5.74, 6) is 2.51. The van der Waals surface area contributed by atoms with E-state index in [2.05, 4.69) is 36.7 Å². The van der Waals surface area contributed by atoms with E-state index in [1.807, 2.05) is 53.8 Å². The van der Waals surface area contributed by atoms with Crippen molar-refractivity contribution in [2.75, 3.05) is 26.7 Å². The van der Waals surface area contributed by atoms with Gasteiger partial charge in [-0.25, -0.2) is 0 Å². The summed E-state index contributed by atoms with van der Waals surface area (Å²) in [6, 6.07) is 5.96. The Labute approximate surface area is 158 Å². The van der Waals surface area contributed by atoms with Crippen LogP contribution in [0.4, 0.5) is 0 Å². The number of aryl methyl sites for hydroxylation is 2. The van der Waals surface area contributed by atoms with Crippen molar-refractivity contribution in [1.82, 2.24) is 34.6 Å². The number of guanidine groups is 1. The molecule has 1 N–H and O–H groups in total. The molecule has 0 spiro atoms. The van der Waals surface area contributed by atoms with Crippen LogP contribution in [0.3, 0.4) is 0 Å². The van der Waals surface area contributed by atoms with E-state index in [1.165, 1.54) is 5.56 Å². The number of likely N-dealkylation sites (tertiary alicyclic amines) is 1. The SMILES string of the molecule is CN=C(NCCCc1nnc2ccccn12)N1CCC(c2cnn(C)c2)C1. The number of nitrogens with zero attached hydrogens (tertiary/aromatic N) is 7. The van der Waals surface area contributed by atoms with Crippen LogP contribution in [0.2, 0.25) is 0 Å². The van der Waals surface area contributed by atoms with Gasteiger partial charge >= 0.3 is 0 Å². The first-order chi connectivity index (χ1) is 13.2. The molecule has 1 aliphatic heterocycles. The maximum atomic E-state index is 4.47. The van der Waals surface area contributed by atoms with Gasteiger partial charge in [0, 0.05) is 58.5 Å². The lowest BCUT2D eigenvalue weighted by Crippen LogP contribution is -2.40. The van der Waals surface area contributed by atoms with Crippen molar-refractivity contribution in [3.05, 3.63) is 48.2 Å². The third-order valence-electron chi connectivity index (χ3n) is 5.14. The lowest BCUT2D eigenvalue weighted by Gasteiger charge is -2.21. The molecule has 1 aliphatic rings. The van der Waals surface area contributed by atoms with E-state index in [0.29, 0.717) is 5.92 Å². The lowest BCUT2D eigenvalue weighted by molar-refractivity contribution is 0.484. The van der Waals surface area contributed by atoms with E-state index >= 15 is 0 Å². The summed E-state index contributed by atoms with van der Waals surface area (Å²) < 4.78 is 3.92. The topological polar surface area (TPSA) is 75.6 Å². The molecule has 0 aromatic carbocycles. The van der Waals surface area contributed by atoms with Crippen molar-refractivity contribution in [3.63, 3.8) is 0 Å². The molecule has 3 aromatic rings. The Hall–Kier alpha value is -2.90. The van der Waals surface area contributed by atoms with Crippen LogP contribution in [0.15, 0.2) is 41.8 Å². The second kappa shape index (κ2) is 7.77. The summed E-state index contributed by atoms with van der Waals surface area (Å²) in [7, 11) is 3.82. The molecular formula is C19H26N8. The Bertz CT molecular complexity index is 925. The smallest absolute Gasteiger partial charge is 0.193 e. The second-order valence-electron chi connectivity index (χ2n) is 7.00. The van der Waals surface area contributed by atoms with Crippen LogP contribution in [0.1, 0.15) is 30.1 Å². The number of nitrogens with one attached hydrogen (secondary N) is 1. The first-order valence-corrected chi connectivity index (χ1v) is 9.47. The van der Waals surface area contributed by atoms with Gasteiger partial charge in [-0.05, 0) is 30.5 Å². The normalized spacial score (nSPS) is 17.8. The van der Waals surface area contributed by atoms with Crippen LogP contribution in [0.25, 0.3) is 5.65 Å². The summed E-state index contributed by atoms with van der Waals surface area (Å²) in [5.41, 5.74) is 2.21. The van der Waals surface area contributed by atoms with E-state index in [-0.39, 0.29) is 0 Å². The average molecular weight is 366 g/mol. The minimum absolute atomic E-state index is 0.527. The third kappa shape index (κ3) is 3.79. The number of rotatable bonds is 5. The third-order valence-corrected chi connectivity index (χ3v) is 5.14. The van der Waals surface area contributed by atoms with Crippen LogP contribution in [-0.2, 0) is 13.5 Å². The molecule has 1 unspecified atom stereocenters. The zero-order chi connectivity index (χ0) is 18.6. The van der Waals surface area contributed by atoms with Crippen molar-refractivity contribution in [2.45, 2.75) is 25.2 Å². The Morgan fingerprint density at radius 1 is 1.33 bits per heavy atom. The summed E-state index contributed by atoms with van der Waals surface area (Å²) in [6.45, 7) is 2.87. The number of hydrogen-bond acceptors (Lipinski definition) is 4. The first kappa shape index (κ1) is 17.5. The van der Waals surface area contributed by atoms with E-state index in [4.69, 9.17) is 0 Å². The quantitative estimate of drug-likeness (QED) is 0.420. The molecule has 0 bridgehead atoms. The van der Waals surface area contributed by atoms with Crippen LogP contribution in [-0.4, -0.2) is 61.9 Å². The number of pyridine rings is 1. The standard InChI is InChI=1S/C19H26N8/c1-20-19(26-11-8-15(14-26)16-12-22-25(2)13-16)21-9-5-7-18-24-23-17-6-3-4-10-27(17)18/h3-4,6,10,12-13,15H,5,7-9,11,14H2,1-2H3,(H,20,21). The molecule has 0 amide bonds. The molecule has 4 heterocycles. The fraction of sp³-hybridized carbons (Fsp3) is 0.474. The monoisotopic (exact) mass is 366 g/mol. The molecule has 142 valence electrons. The highest BCUT2D eigenvalue weighted by Gasteiger charge is 2.26. The number of fused-ring (bicyclic) bond motifs is 1. The highest BCUT2D eigenvalue weighted by Crippen LogP contribution is 2.26.